The molecular weight excluding hydrogens is 494 g/mol. The molecule has 2 unspecified atom stereocenters. The van der Waals surface area contributed by atoms with Gasteiger partial charge in [0.05, 0.1) is 23.4 Å². The number of primary amides is 1. The van der Waals surface area contributed by atoms with Crippen LogP contribution in [0.3, 0.4) is 0 Å². The van der Waals surface area contributed by atoms with E-state index in [0.29, 0.717) is 5.56 Å². The molecule has 3 aliphatic rings. The number of hydrogen-bond donors (Lipinski definition) is 7. The fourth-order valence-corrected chi connectivity index (χ4v) is 7.20. The highest BCUT2D eigenvalue weighted by molar-refractivity contribution is 6.24. The van der Waals surface area contributed by atoms with E-state index in [-0.39, 0.29) is 33.2 Å². The summed E-state index contributed by atoms with van der Waals surface area (Å²) < 4.78 is 0. The van der Waals surface area contributed by atoms with Crippen molar-refractivity contribution < 1.29 is 39.9 Å². The van der Waals surface area contributed by atoms with Gasteiger partial charge in [0.1, 0.15) is 17.6 Å². The number of aliphatic hydroxyl groups is 3. The maximum Gasteiger partial charge on any atom is 0.235 e. The van der Waals surface area contributed by atoms with Crippen LogP contribution in [0.1, 0.15) is 61.5 Å². The number of likely N-dealkylation sites (N-methyl/N-ethyl adjacent to an activating group) is 1. The number of aliphatic hydroxyl groups excluding tert-OH is 2. The Labute approximate surface area is 218 Å². The number of fused-ring (bicyclic) bond motifs is 3. The molecule has 38 heavy (non-hydrogen) atoms. The number of amides is 1. The van der Waals surface area contributed by atoms with Crippen molar-refractivity contribution in [2.45, 2.75) is 61.9 Å². The average molecular weight is 528 g/mol. The predicted octanol–water partition coefficient (Wildman–Crippen LogP) is 0.276. The van der Waals surface area contributed by atoms with Crippen molar-refractivity contribution >= 4 is 33.9 Å². The molecule has 0 spiro atoms. The summed E-state index contributed by atoms with van der Waals surface area (Å²) in [4.78, 5) is 40.1. The van der Waals surface area contributed by atoms with Crippen LogP contribution < -0.4 is 11.5 Å². The number of aromatic hydroxyl groups is 2. The van der Waals surface area contributed by atoms with E-state index in [1.807, 2.05) is 6.92 Å². The Hall–Kier alpha value is -3.25. The van der Waals surface area contributed by atoms with Crippen LogP contribution in [-0.4, -0.2) is 73.6 Å². The zero-order valence-corrected chi connectivity index (χ0v) is 21.4. The molecule has 2 aromatic carbocycles. The highest BCUT2D eigenvalue weighted by Crippen LogP contribution is 2.59. The molecule has 5 rings (SSSR count). The van der Waals surface area contributed by atoms with Gasteiger partial charge in [-0.1, -0.05) is 31.9 Å². The summed E-state index contributed by atoms with van der Waals surface area (Å²) in [5.74, 6) is -8.22. The van der Waals surface area contributed by atoms with Gasteiger partial charge >= 0.3 is 0 Å². The van der Waals surface area contributed by atoms with Gasteiger partial charge < -0.3 is 37.0 Å². The van der Waals surface area contributed by atoms with Gasteiger partial charge in [-0.3, -0.25) is 19.3 Å². The number of benzene rings is 2. The fourth-order valence-electron chi connectivity index (χ4n) is 7.20. The van der Waals surface area contributed by atoms with Crippen molar-refractivity contribution in [2.24, 2.45) is 17.6 Å². The number of nitrogens with two attached hydrogens (primary N) is 2. The van der Waals surface area contributed by atoms with Gasteiger partial charge in [0.2, 0.25) is 5.91 Å². The zero-order valence-electron chi connectivity index (χ0n) is 21.4. The molecule has 2 fully saturated rings. The van der Waals surface area contributed by atoms with Gasteiger partial charge in [-0.2, -0.15) is 0 Å². The van der Waals surface area contributed by atoms with Crippen molar-refractivity contribution in [3.63, 3.8) is 0 Å². The van der Waals surface area contributed by atoms with Crippen LogP contribution in [0.25, 0.3) is 10.8 Å². The molecule has 11 heteroatoms. The van der Waals surface area contributed by atoms with Gasteiger partial charge in [-0.25, -0.2) is 0 Å². The first-order chi connectivity index (χ1) is 17.7. The van der Waals surface area contributed by atoms with E-state index in [1.54, 1.807) is 12.1 Å². The Morgan fingerprint density at radius 3 is 2.21 bits per heavy atom. The lowest BCUT2D eigenvalue weighted by molar-refractivity contribution is -0.202. The average Bonchev–Trinajstić information content (AvgIpc) is 3.28. The summed E-state index contributed by atoms with van der Waals surface area (Å²) in [6.45, 7) is 2.01. The minimum Gasteiger partial charge on any atom is -0.507 e. The number of rotatable bonds is 3. The number of anilines is 1. The van der Waals surface area contributed by atoms with Gasteiger partial charge in [-0.05, 0) is 32.4 Å². The molecule has 2 aromatic rings. The number of phenols is 2. The van der Waals surface area contributed by atoms with Gasteiger partial charge in [0.25, 0.3) is 0 Å². The Morgan fingerprint density at radius 2 is 1.66 bits per heavy atom. The molecule has 6 atom stereocenters. The molecule has 1 amide bonds. The topological polar surface area (TPSA) is 208 Å². The highest BCUT2D eigenvalue weighted by Gasteiger charge is 2.68. The fraction of sp³-hybridized carbons (Fsp3) is 0.519. The molecule has 0 aromatic heterocycles. The van der Waals surface area contributed by atoms with Crippen molar-refractivity contribution in [2.75, 3.05) is 19.8 Å². The molecule has 9 N–H and O–H groups in total. The lowest BCUT2D eigenvalue weighted by atomic mass is 9.56. The molecule has 3 aliphatic carbocycles. The standard InChI is InChI=1S/C27H33N3O8/c1-26(8-4-5-9-26)11-7-6-10-12(19(11)31)20(32)14-13(17(10)28)21(33)16-18(30(2)3)22(34)15(25(29)37)24(36)27(16,38)23(14)35/h6-7,15-16,18,21,23,31-33,35,38H,4-5,8-9,28H2,1-3H3,(H2,29,37)/t15?,16-,18+,21+,23?,27+/m1/s1. The second kappa shape index (κ2) is 8.37. The van der Waals surface area contributed by atoms with Crippen LogP contribution in [0.15, 0.2) is 12.1 Å². The van der Waals surface area contributed by atoms with Crippen molar-refractivity contribution in [1.29, 1.82) is 0 Å². The second-order valence-corrected chi connectivity index (χ2v) is 11.5. The lowest BCUT2D eigenvalue weighted by Gasteiger charge is -2.53. The molecule has 0 saturated heterocycles. The van der Waals surface area contributed by atoms with E-state index < -0.39 is 64.5 Å². The number of nitrogens with zero attached hydrogens (tertiary/aromatic N) is 1. The highest BCUT2D eigenvalue weighted by atomic mass is 16.4. The number of carbonyl (C=O) groups is 3. The van der Waals surface area contributed by atoms with E-state index >= 15 is 0 Å². The van der Waals surface area contributed by atoms with Crippen molar-refractivity contribution in [1.82, 2.24) is 4.90 Å². The van der Waals surface area contributed by atoms with E-state index in [4.69, 9.17) is 11.5 Å². The second-order valence-electron chi connectivity index (χ2n) is 11.5. The van der Waals surface area contributed by atoms with Crippen LogP contribution in [0.5, 0.6) is 11.5 Å². The van der Waals surface area contributed by atoms with E-state index in [2.05, 4.69) is 0 Å². The normalized spacial score (nSPS) is 32.4. The van der Waals surface area contributed by atoms with Crippen LogP contribution in [0.2, 0.25) is 0 Å². The van der Waals surface area contributed by atoms with Crippen LogP contribution in [0.4, 0.5) is 5.69 Å². The Kier molecular flexibility index (Phi) is 5.81. The van der Waals surface area contributed by atoms with Crippen LogP contribution in [0, 0.1) is 11.8 Å². The van der Waals surface area contributed by atoms with E-state index in [9.17, 15) is 39.9 Å². The van der Waals surface area contributed by atoms with Crippen LogP contribution in [-0.2, 0) is 19.8 Å². The first-order valence-electron chi connectivity index (χ1n) is 12.6. The number of nitrogen functional groups attached to an aromatic ring is 1. The number of hydrogen-bond acceptors (Lipinski definition) is 10. The minimum absolute atomic E-state index is 0.0879. The SMILES string of the molecule is CN(C)[C@@H]1C(=O)C(C(N)=O)C(=O)[C@@]2(O)C(O)c3c(c(N)c4ccc(C5(C)CCCC5)c(O)c4c3O)[C@H](O)[C@@H]12. The van der Waals surface area contributed by atoms with E-state index in [1.165, 1.54) is 19.0 Å². The predicted molar refractivity (Wildman–Crippen MR) is 136 cm³/mol. The maximum atomic E-state index is 13.4. The van der Waals surface area contributed by atoms with Crippen LogP contribution >= 0.6 is 0 Å². The summed E-state index contributed by atoms with van der Waals surface area (Å²) >= 11 is 0. The van der Waals surface area contributed by atoms with Crippen molar-refractivity contribution in [3.05, 3.63) is 28.8 Å². The molecule has 11 nitrogen and oxygen atoms in total. The number of carbonyl (C=O) groups excluding carboxylic acids is 3. The largest absolute Gasteiger partial charge is 0.507 e. The molecule has 2 saturated carbocycles. The maximum absolute atomic E-state index is 13.4. The number of ketones is 2. The number of Topliss-reactive ketones (excluding diaryl/α,β-unsaturated/α-hetero) is 2. The quantitative estimate of drug-likeness (QED) is 0.165. The Balaban J connectivity index is 1.82. The smallest absolute Gasteiger partial charge is 0.235 e. The minimum atomic E-state index is -2.88. The first-order valence-corrected chi connectivity index (χ1v) is 12.6. The lowest BCUT2D eigenvalue weighted by Crippen LogP contribution is -2.71. The molecular formula is C27H33N3O8. The molecule has 0 bridgehead atoms. The van der Waals surface area contributed by atoms with Gasteiger partial charge in [0, 0.05) is 27.8 Å². The number of phenolic OH excluding ortho intramolecular Hbond substituents is 2. The van der Waals surface area contributed by atoms with Gasteiger partial charge in [-0.15, -0.1) is 0 Å². The molecule has 0 radical (unpaired) electrons. The van der Waals surface area contributed by atoms with E-state index in [0.717, 1.165) is 25.7 Å². The third kappa shape index (κ3) is 3.13. The van der Waals surface area contributed by atoms with Crippen molar-refractivity contribution in [3.8, 4) is 11.5 Å². The summed E-state index contributed by atoms with van der Waals surface area (Å²) in [5, 5.41) is 57.7. The monoisotopic (exact) mass is 527 g/mol. The first kappa shape index (κ1) is 26.4. The summed E-state index contributed by atoms with van der Waals surface area (Å²) in [6.07, 6.45) is -0.427. The summed E-state index contributed by atoms with van der Waals surface area (Å²) in [5.41, 5.74) is 8.46. The van der Waals surface area contributed by atoms with Gasteiger partial charge in [0.15, 0.2) is 23.1 Å². The Morgan fingerprint density at radius 1 is 1.05 bits per heavy atom. The molecule has 0 aliphatic heterocycles. The third-order valence-corrected chi connectivity index (χ3v) is 9.15. The Bertz CT molecular complexity index is 1400. The zero-order chi connectivity index (χ0) is 28.1. The summed E-state index contributed by atoms with van der Waals surface area (Å²) in [7, 11) is 2.91. The molecule has 204 valence electrons. The molecule has 0 heterocycles. The summed E-state index contributed by atoms with van der Waals surface area (Å²) in [6, 6.07) is 1.94. The third-order valence-electron chi connectivity index (χ3n) is 9.15.